The number of nitrogens with one attached hydrogen (secondary N) is 1. The van der Waals surface area contributed by atoms with Crippen molar-refractivity contribution < 1.29 is 23.8 Å². The zero-order chi connectivity index (χ0) is 17.9. The van der Waals surface area contributed by atoms with Gasteiger partial charge in [-0.3, -0.25) is 23.9 Å². The largest absolute Gasteiger partial charge is 0.463 e. The highest BCUT2D eigenvalue weighted by atomic mass is 16.6. The number of carbonyl (C=O) groups excluding carboxylic acids is 2. The van der Waals surface area contributed by atoms with E-state index in [1.165, 1.54) is 26.1 Å². The van der Waals surface area contributed by atoms with E-state index < -0.39 is 41.6 Å². The van der Waals surface area contributed by atoms with E-state index in [1.807, 2.05) is 0 Å². The van der Waals surface area contributed by atoms with Crippen LogP contribution in [-0.4, -0.2) is 40.3 Å². The van der Waals surface area contributed by atoms with Crippen LogP contribution < -0.4 is 11.2 Å². The van der Waals surface area contributed by atoms with E-state index in [4.69, 9.17) is 14.2 Å². The summed E-state index contributed by atoms with van der Waals surface area (Å²) in [7, 11) is 0. The minimum atomic E-state index is -0.947. The van der Waals surface area contributed by atoms with Gasteiger partial charge in [0.1, 0.15) is 12.7 Å². The molecule has 9 heteroatoms. The molecular formula is C15H18N2O7. The molecule has 1 aliphatic rings. The number of ether oxygens (including phenoxy) is 3. The highest BCUT2D eigenvalue weighted by molar-refractivity contribution is 5.66. The third kappa shape index (κ3) is 3.99. The lowest BCUT2D eigenvalue weighted by molar-refractivity contribution is -0.153. The summed E-state index contributed by atoms with van der Waals surface area (Å²) >= 11 is 0. The van der Waals surface area contributed by atoms with Crippen LogP contribution in [0.3, 0.4) is 0 Å². The van der Waals surface area contributed by atoms with E-state index in [1.54, 1.807) is 0 Å². The Kier molecular flexibility index (Phi) is 5.35. The zero-order valence-electron chi connectivity index (χ0n) is 13.3. The molecule has 1 aromatic rings. The standard InChI is InChI=1S/C15H18N2O7/c1-4-10-6-17(15(21)16-13(10)20)14-12(23-9(3)19)5-11(24-14)7-22-8(2)18/h4,6,11-12,14H,1,5,7H2,2-3H3,(H,16,20,21)/t11-,12+,14+/m0/s1. The Morgan fingerprint density at radius 2 is 2.12 bits per heavy atom. The summed E-state index contributed by atoms with van der Waals surface area (Å²) in [5, 5.41) is 0. The number of H-pyrrole nitrogens is 1. The highest BCUT2D eigenvalue weighted by Gasteiger charge is 2.40. The Morgan fingerprint density at radius 1 is 1.42 bits per heavy atom. The van der Waals surface area contributed by atoms with Crippen molar-refractivity contribution in [3.8, 4) is 0 Å². The molecule has 0 saturated carbocycles. The summed E-state index contributed by atoms with van der Waals surface area (Å²) in [6.45, 7) is 5.97. The van der Waals surface area contributed by atoms with Gasteiger partial charge in [0.05, 0.1) is 11.7 Å². The van der Waals surface area contributed by atoms with Crippen molar-refractivity contribution in [1.82, 2.24) is 9.55 Å². The summed E-state index contributed by atoms with van der Waals surface area (Å²) in [6, 6.07) is 0. The number of aromatic nitrogens is 2. The molecule has 1 fully saturated rings. The minimum Gasteiger partial charge on any atom is -0.463 e. The molecule has 9 nitrogen and oxygen atoms in total. The summed E-state index contributed by atoms with van der Waals surface area (Å²) in [5.41, 5.74) is -1.12. The van der Waals surface area contributed by atoms with Gasteiger partial charge in [0, 0.05) is 26.5 Å². The van der Waals surface area contributed by atoms with Crippen LogP contribution in [0.4, 0.5) is 0 Å². The first-order chi connectivity index (χ1) is 11.3. The van der Waals surface area contributed by atoms with Crippen LogP contribution in [0.5, 0.6) is 0 Å². The van der Waals surface area contributed by atoms with E-state index in [9.17, 15) is 19.2 Å². The third-order valence-electron chi connectivity index (χ3n) is 3.42. The molecule has 0 aliphatic carbocycles. The molecule has 24 heavy (non-hydrogen) atoms. The lowest BCUT2D eigenvalue weighted by atomic mass is 10.2. The fourth-order valence-electron chi connectivity index (χ4n) is 2.43. The quantitative estimate of drug-likeness (QED) is 0.749. The highest BCUT2D eigenvalue weighted by Crippen LogP contribution is 2.30. The number of aromatic amines is 1. The molecule has 0 unspecified atom stereocenters. The average Bonchev–Trinajstić information content (AvgIpc) is 2.87. The maximum absolute atomic E-state index is 12.1. The van der Waals surface area contributed by atoms with Gasteiger partial charge in [-0.05, 0) is 0 Å². The number of esters is 2. The van der Waals surface area contributed by atoms with Gasteiger partial charge >= 0.3 is 17.6 Å². The summed E-state index contributed by atoms with van der Waals surface area (Å²) in [4.78, 5) is 48.0. The Morgan fingerprint density at radius 3 is 2.71 bits per heavy atom. The van der Waals surface area contributed by atoms with E-state index in [0.717, 1.165) is 4.57 Å². The van der Waals surface area contributed by atoms with Crippen LogP contribution in [0.2, 0.25) is 0 Å². The predicted octanol–water partition coefficient (Wildman–Crippen LogP) is -0.0381. The first kappa shape index (κ1) is 17.7. The van der Waals surface area contributed by atoms with Gasteiger partial charge in [-0.1, -0.05) is 12.7 Å². The fraction of sp³-hybridized carbons (Fsp3) is 0.467. The van der Waals surface area contributed by atoms with E-state index in [0.29, 0.717) is 0 Å². The predicted molar refractivity (Wildman–Crippen MR) is 82.1 cm³/mol. The molecule has 0 amide bonds. The Balaban J connectivity index is 2.32. The van der Waals surface area contributed by atoms with Crippen LogP contribution in [0.15, 0.2) is 22.4 Å². The average molecular weight is 338 g/mol. The summed E-state index contributed by atoms with van der Waals surface area (Å²) in [5.74, 6) is -1.01. The molecule has 0 spiro atoms. The van der Waals surface area contributed by atoms with Crippen molar-refractivity contribution in [3.05, 3.63) is 39.2 Å². The molecule has 3 atom stereocenters. The van der Waals surface area contributed by atoms with Crippen molar-refractivity contribution in [2.75, 3.05) is 6.61 Å². The van der Waals surface area contributed by atoms with Crippen LogP contribution in [-0.2, 0) is 23.8 Å². The van der Waals surface area contributed by atoms with Crippen molar-refractivity contribution in [2.24, 2.45) is 0 Å². The molecule has 1 saturated heterocycles. The molecule has 2 heterocycles. The lowest BCUT2D eigenvalue weighted by Crippen LogP contribution is -2.37. The number of rotatable bonds is 5. The van der Waals surface area contributed by atoms with Crippen molar-refractivity contribution in [3.63, 3.8) is 0 Å². The van der Waals surface area contributed by atoms with Gasteiger partial charge in [0.15, 0.2) is 6.23 Å². The molecular weight excluding hydrogens is 320 g/mol. The van der Waals surface area contributed by atoms with E-state index in [2.05, 4.69) is 11.6 Å². The number of hydrogen-bond acceptors (Lipinski definition) is 7. The summed E-state index contributed by atoms with van der Waals surface area (Å²) in [6.07, 6.45) is 0.563. The Labute approximate surface area is 136 Å². The normalized spacial score (nSPS) is 22.8. The molecule has 1 N–H and O–H groups in total. The fourth-order valence-corrected chi connectivity index (χ4v) is 2.43. The van der Waals surface area contributed by atoms with Crippen molar-refractivity contribution >= 4 is 18.0 Å². The SMILES string of the molecule is C=Cc1cn([C@@H]2O[C@H](COC(C)=O)C[C@H]2OC(C)=O)c(=O)[nH]c1=O. The third-order valence-corrected chi connectivity index (χ3v) is 3.42. The van der Waals surface area contributed by atoms with Crippen molar-refractivity contribution in [1.29, 1.82) is 0 Å². The lowest BCUT2D eigenvalue weighted by Gasteiger charge is -2.20. The van der Waals surface area contributed by atoms with Crippen LogP contribution in [0, 0.1) is 0 Å². The van der Waals surface area contributed by atoms with Gasteiger partial charge < -0.3 is 14.2 Å². The zero-order valence-corrected chi connectivity index (χ0v) is 13.3. The van der Waals surface area contributed by atoms with E-state index in [-0.39, 0.29) is 18.6 Å². The molecule has 2 rings (SSSR count). The van der Waals surface area contributed by atoms with Crippen LogP contribution in [0.1, 0.15) is 32.1 Å². The van der Waals surface area contributed by atoms with Gasteiger partial charge in [-0.25, -0.2) is 4.79 Å². The molecule has 0 radical (unpaired) electrons. The molecule has 1 aromatic heterocycles. The monoisotopic (exact) mass is 338 g/mol. The number of carbonyl (C=O) groups is 2. The Bertz CT molecular complexity index is 764. The Hall–Kier alpha value is -2.68. The first-order valence-electron chi connectivity index (χ1n) is 7.25. The summed E-state index contributed by atoms with van der Waals surface area (Å²) < 4.78 is 16.9. The van der Waals surface area contributed by atoms with E-state index >= 15 is 0 Å². The van der Waals surface area contributed by atoms with Crippen LogP contribution in [0.25, 0.3) is 6.08 Å². The number of hydrogen-bond donors (Lipinski definition) is 1. The van der Waals surface area contributed by atoms with Crippen LogP contribution >= 0.6 is 0 Å². The second kappa shape index (κ2) is 7.26. The van der Waals surface area contributed by atoms with Gasteiger partial charge in [0.25, 0.3) is 5.56 Å². The van der Waals surface area contributed by atoms with Gasteiger partial charge in [-0.2, -0.15) is 0 Å². The van der Waals surface area contributed by atoms with Crippen molar-refractivity contribution in [2.45, 2.75) is 38.7 Å². The maximum atomic E-state index is 12.1. The smallest absolute Gasteiger partial charge is 0.330 e. The second-order valence-corrected chi connectivity index (χ2v) is 5.29. The molecule has 0 bridgehead atoms. The number of nitrogens with zero attached hydrogens (tertiary/aromatic N) is 1. The molecule has 130 valence electrons. The second-order valence-electron chi connectivity index (χ2n) is 5.29. The molecule has 0 aromatic carbocycles. The van der Waals surface area contributed by atoms with Gasteiger partial charge in [0.2, 0.25) is 0 Å². The first-order valence-corrected chi connectivity index (χ1v) is 7.25. The topological polar surface area (TPSA) is 117 Å². The van der Waals surface area contributed by atoms with Gasteiger partial charge in [-0.15, -0.1) is 0 Å². The maximum Gasteiger partial charge on any atom is 0.330 e. The molecule has 1 aliphatic heterocycles. The minimum absolute atomic E-state index is 0.0317.